The van der Waals surface area contributed by atoms with Crippen molar-refractivity contribution in [1.82, 2.24) is 5.32 Å². The van der Waals surface area contributed by atoms with Crippen molar-refractivity contribution in [3.63, 3.8) is 0 Å². The molecule has 1 saturated heterocycles. The minimum atomic E-state index is -2.81. The maximum atomic E-state index is 11.4. The van der Waals surface area contributed by atoms with E-state index in [-0.39, 0.29) is 5.75 Å². The van der Waals surface area contributed by atoms with Gasteiger partial charge in [0.25, 0.3) is 0 Å². The first-order chi connectivity index (χ1) is 8.57. The van der Waals surface area contributed by atoms with Crippen LogP contribution in [0.1, 0.15) is 45.4 Å². The van der Waals surface area contributed by atoms with Gasteiger partial charge in [0.1, 0.15) is 9.84 Å². The van der Waals surface area contributed by atoms with E-state index < -0.39 is 9.84 Å². The van der Waals surface area contributed by atoms with Gasteiger partial charge < -0.3 is 10.1 Å². The van der Waals surface area contributed by atoms with Crippen molar-refractivity contribution >= 4 is 9.84 Å². The summed E-state index contributed by atoms with van der Waals surface area (Å²) in [5.41, 5.74) is 0. The molecule has 1 heterocycles. The molecule has 18 heavy (non-hydrogen) atoms. The van der Waals surface area contributed by atoms with E-state index >= 15 is 0 Å². The summed E-state index contributed by atoms with van der Waals surface area (Å²) < 4.78 is 28.4. The Hall–Kier alpha value is -0.130. The number of hydrogen-bond acceptors (Lipinski definition) is 4. The SMILES string of the molecule is CCS(=O)(=O)CCCC(CCC1CCCO1)NC. The van der Waals surface area contributed by atoms with Crippen LogP contribution in [-0.2, 0) is 14.6 Å². The predicted molar refractivity (Wildman–Crippen MR) is 74.6 cm³/mol. The Morgan fingerprint density at radius 1 is 1.39 bits per heavy atom. The predicted octanol–water partition coefficient (Wildman–Crippen LogP) is 1.75. The first-order valence-electron chi connectivity index (χ1n) is 7.06. The standard InChI is InChI=1S/C13H27NO3S/c1-3-18(15,16)11-5-6-12(14-2)8-9-13-7-4-10-17-13/h12-14H,3-11H2,1-2H3. The molecule has 1 aliphatic rings. The molecule has 0 aliphatic carbocycles. The number of sulfone groups is 1. The van der Waals surface area contributed by atoms with Crippen LogP contribution in [0.2, 0.25) is 0 Å². The smallest absolute Gasteiger partial charge is 0.150 e. The monoisotopic (exact) mass is 277 g/mol. The number of ether oxygens (including phenoxy) is 1. The Labute approximate surface area is 111 Å². The summed E-state index contributed by atoms with van der Waals surface area (Å²) in [5.74, 6) is 0.578. The molecule has 1 rings (SSSR count). The van der Waals surface area contributed by atoms with Gasteiger partial charge in [0.2, 0.25) is 0 Å². The molecule has 1 aliphatic heterocycles. The van der Waals surface area contributed by atoms with E-state index in [4.69, 9.17) is 4.74 Å². The number of rotatable bonds is 9. The van der Waals surface area contributed by atoms with Crippen LogP contribution in [0.4, 0.5) is 0 Å². The van der Waals surface area contributed by atoms with Gasteiger partial charge in [-0.15, -0.1) is 0 Å². The molecule has 0 amide bonds. The lowest BCUT2D eigenvalue weighted by molar-refractivity contribution is 0.0995. The number of nitrogens with one attached hydrogen (secondary N) is 1. The van der Waals surface area contributed by atoms with Crippen LogP contribution in [0.25, 0.3) is 0 Å². The third-order valence-electron chi connectivity index (χ3n) is 3.72. The van der Waals surface area contributed by atoms with E-state index in [1.165, 1.54) is 12.8 Å². The van der Waals surface area contributed by atoms with E-state index in [0.717, 1.165) is 32.3 Å². The highest BCUT2D eigenvalue weighted by Gasteiger charge is 2.17. The van der Waals surface area contributed by atoms with Crippen LogP contribution in [0.3, 0.4) is 0 Å². The van der Waals surface area contributed by atoms with Crippen molar-refractivity contribution in [3.05, 3.63) is 0 Å². The fourth-order valence-corrected chi connectivity index (χ4v) is 3.28. The van der Waals surface area contributed by atoms with Gasteiger partial charge in [-0.05, 0) is 45.6 Å². The highest BCUT2D eigenvalue weighted by Crippen LogP contribution is 2.18. The molecular formula is C13H27NO3S. The van der Waals surface area contributed by atoms with E-state index in [1.807, 2.05) is 7.05 Å². The third-order valence-corrected chi connectivity index (χ3v) is 5.51. The zero-order valence-electron chi connectivity index (χ0n) is 11.7. The summed E-state index contributed by atoms with van der Waals surface area (Å²) in [4.78, 5) is 0. The Morgan fingerprint density at radius 3 is 2.72 bits per heavy atom. The second kappa shape index (κ2) is 8.12. The highest BCUT2D eigenvalue weighted by atomic mass is 32.2. The van der Waals surface area contributed by atoms with E-state index in [0.29, 0.717) is 17.9 Å². The van der Waals surface area contributed by atoms with Gasteiger partial charge in [0.15, 0.2) is 0 Å². The quantitative estimate of drug-likeness (QED) is 0.697. The van der Waals surface area contributed by atoms with Gasteiger partial charge in [0.05, 0.1) is 11.9 Å². The van der Waals surface area contributed by atoms with Crippen molar-refractivity contribution in [2.75, 3.05) is 25.2 Å². The first kappa shape index (κ1) is 15.9. The zero-order chi connectivity index (χ0) is 13.4. The van der Waals surface area contributed by atoms with Crippen LogP contribution < -0.4 is 5.32 Å². The van der Waals surface area contributed by atoms with Crippen LogP contribution >= 0.6 is 0 Å². The van der Waals surface area contributed by atoms with Crippen molar-refractivity contribution in [1.29, 1.82) is 0 Å². The molecule has 0 bridgehead atoms. The molecule has 1 fully saturated rings. The second-order valence-corrected chi connectivity index (χ2v) is 7.55. The van der Waals surface area contributed by atoms with Gasteiger partial charge in [-0.1, -0.05) is 6.92 Å². The van der Waals surface area contributed by atoms with Crippen molar-refractivity contribution in [3.8, 4) is 0 Å². The summed E-state index contributed by atoms with van der Waals surface area (Å²) >= 11 is 0. The topological polar surface area (TPSA) is 55.4 Å². The maximum Gasteiger partial charge on any atom is 0.150 e. The minimum absolute atomic E-state index is 0.257. The lowest BCUT2D eigenvalue weighted by atomic mass is 10.0. The fourth-order valence-electron chi connectivity index (χ4n) is 2.39. The average molecular weight is 277 g/mol. The molecule has 0 aromatic rings. The Balaban J connectivity index is 2.16. The maximum absolute atomic E-state index is 11.4. The van der Waals surface area contributed by atoms with Crippen LogP contribution in [-0.4, -0.2) is 45.7 Å². The van der Waals surface area contributed by atoms with Crippen molar-refractivity contribution in [2.45, 2.75) is 57.6 Å². The largest absolute Gasteiger partial charge is 0.378 e. The molecular weight excluding hydrogens is 250 g/mol. The molecule has 108 valence electrons. The molecule has 4 nitrogen and oxygen atoms in total. The van der Waals surface area contributed by atoms with E-state index in [9.17, 15) is 8.42 Å². The van der Waals surface area contributed by atoms with Gasteiger partial charge in [0, 0.05) is 18.4 Å². The van der Waals surface area contributed by atoms with Crippen molar-refractivity contribution in [2.24, 2.45) is 0 Å². The molecule has 5 heteroatoms. The number of hydrogen-bond donors (Lipinski definition) is 1. The van der Waals surface area contributed by atoms with Crippen LogP contribution in [0, 0.1) is 0 Å². The summed E-state index contributed by atoms with van der Waals surface area (Å²) in [5, 5.41) is 3.28. The molecule has 0 radical (unpaired) electrons. The fraction of sp³-hybridized carbons (Fsp3) is 1.00. The third kappa shape index (κ3) is 6.16. The molecule has 0 aromatic heterocycles. The normalized spacial score (nSPS) is 22.2. The second-order valence-electron chi connectivity index (χ2n) is 5.08. The average Bonchev–Trinajstić information content (AvgIpc) is 2.86. The summed E-state index contributed by atoms with van der Waals surface area (Å²) in [7, 11) is -0.854. The zero-order valence-corrected chi connectivity index (χ0v) is 12.5. The summed E-state index contributed by atoms with van der Waals surface area (Å²) in [6, 6.07) is 0.418. The van der Waals surface area contributed by atoms with E-state index in [1.54, 1.807) is 6.92 Å². The lowest BCUT2D eigenvalue weighted by Crippen LogP contribution is -2.27. The Bertz CT molecular complexity index is 310. The molecule has 2 atom stereocenters. The van der Waals surface area contributed by atoms with Crippen molar-refractivity contribution < 1.29 is 13.2 Å². The van der Waals surface area contributed by atoms with E-state index in [2.05, 4.69) is 5.32 Å². The lowest BCUT2D eigenvalue weighted by Gasteiger charge is -2.18. The Kier molecular flexibility index (Phi) is 7.19. The molecule has 0 spiro atoms. The summed E-state index contributed by atoms with van der Waals surface area (Å²) in [6.07, 6.45) is 6.65. The molecule has 2 unspecified atom stereocenters. The molecule has 1 N–H and O–H groups in total. The Morgan fingerprint density at radius 2 is 2.17 bits per heavy atom. The molecule has 0 saturated carbocycles. The van der Waals surface area contributed by atoms with Gasteiger partial charge in [-0.25, -0.2) is 8.42 Å². The van der Waals surface area contributed by atoms with Gasteiger partial charge in [-0.2, -0.15) is 0 Å². The van der Waals surface area contributed by atoms with Gasteiger partial charge in [-0.3, -0.25) is 0 Å². The van der Waals surface area contributed by atoms with Gasteiger partial charge >= 0.3 is 0 Å². The van der Waals surface area contributed by atoms with Crippen LogP contribution in [0.5, 0.6) is 0 Å². The van der Waals surface area contributed by atoms with Crippen LogP contribution in [0.15, 0.2) is 0 Å². The first-order valence-corrected chi connectivity index (χ1v) is 8.89. The summed E-state index contributed by atoms with van der Waals surface area (Å²) in [6.45, 7) is 2.62. The minimum Gasteiger partial charge on any atom is -0.378 e. The molecule has 0 aromatic carbocycles. The highest BCUT2D eigenvalue weighted by molar-refractivity contribution is 7.91.